The van der Waals surface area contributed by atoms with Gasteiger partial charge in [0.05, 0.1) is 24.3 Å². The molecule has 8 nitrogen and oxygen atoms in total. The minimum absolute atomic E-state index is 0.131. The maximum absolute atomic E-state index is 12.0. The van der Waals surface area contributed by atoms with Crippen molar-refractivity contribution in [2.45, 2.75) is 6.42 Å². The molecule has 5 rings (SSSR count). The number of imidazole rings is 1. The smallest absolute Gasteiger partial charge is 0.229 e. The monoisotopic (exact) mass is 567 g/mol. The molecule has 2 aromatic carbocycles. The van der Waals surface area contributed by atoms with Gasteiger partial charge in [-0.3, -0.25) is 9.20 Å². The van der Waals surface area contributed by atoms with Gasteiger partial charge < -0.3 is 14.8 Å². The number of aromatic nitrogens is 4. The van der Waals surface area contributed by atoms with E-state index in [1.165, 1.54) is 20.3 Å². The van der Waals surface area contributed by atoms with Crippen LogP contribution in [0.4, 0.5) is 11.6 Å². The molecule has 0 saturated carbocycles. The van der Waals surface area contributed by atoms with E-state index in [9.17, 15) is 4.79 Å². The number of methoxy groups -OCH3 is 2. The van der Waals surface area contributed by atoms with Gasteiger partial charge in [-0.1, -0.05) is 41.4 Å². The number of hydrogen-bond acceptors (Lipinski definition) is 7. The number of hydrogen-bond donors (Lipinski definition) is 1. The lowest BCUT2D eigenvalue weighted by molar-refractivity contribution is -0.114. The van der Waals surface area contributed by atoms with Crippen LogP contribution in [0.15, 0.2) is 61.6 Å². The number of ketones is 1. The first-order chi connectivity index (χ1) is 18.3. The van der Waals surface area contributed by atoms with Crippen LogP contribution in [0.5, 0.6) is 11.5 Å². The van der Waals surface area contributed by atoms with E-state index in [0.29, 0.717) is 71.6 Å². The van der Waals surface area contributed by atoms with Gasteiger partial charge in [0.1, 0.15) is 17.1 Å². The van der Waals surface area contributed by atoms with Crippen LogP contribution in [0.25, 0.3) is 27.8 Å². The molecule has 0 radical (unpaired) electrons. The Bertz CT molecular complexity index is 1710. The lowest BCUT2D eigenvalue weighted by Crippen LogP contribution is -2.05. The second kappa shape index (κ2) is 10.5. The highest BCUT2D eigenvalue weighted by Gasteiger charge is 2.22. The quantitative estimate of drug-likeness (QED) is 0.202. The molecule has 0 saturated heterocycles. The largest absolute Gasteiger partial charge is 0.495 e. The predicted octanol–water partition coefficient (Wildman–Crippen LogP) is 6.96. The summed E-state index contributed by atoms with van der Waals surface area (Å²) in [5.74, 6) is 1.03. The lowest BCUT2D eigenvalue weighted by Gasteiger charge is -2.16. The number of fused-ring (bicyclic) bond motifs is 3. The minimum Gasteiger partial charge on any atom is -0.495 e. The van der Waals surface area contributed by atoms with E-state index in [1.807, 2.05) is 10.5 Å². The highest BCUT2D eigenvalue weighted by molar-refractivity contribution is 6.41. The van der Waals surface area contributed by atoms with Gasteiger partial charge in [0.15, 0.2) is 11.4 Å². The van der Waals surface area contributed by atoms with Crippen molar-refractivity contribution < 1.29 is 14.3 Å². The number of pyridine rings is 1. The fourth-order valence-electron chi connectivity index (χ4n) is 4.15. The molecule has 0 aliphatic rings. The van der Waals surface area contributed by atoms with Crippen molar-refractivity contribution in [3.8, 4) is 22.6 Å². The number of nitrogens with zero attached hydrogens (tertiary/aromatic N) is 4. The molecular weight excluding hydrogens is 549 g/mol. The van der Waals surface area contributed by atoms with Crippen molar-refractivity contribution in [3.63, 3.8) is 0 Å². The Morgan fingerprint density at radius 2 is 1.79 bits per heavy atom. The van der Waals surface area contributed by atoms with E-state index in [-0.39, 0.29) is 12.2 Å². The van der Waals surface area contributed by atoms with Gasteiger partial charge >= 0.3 is 0 Å². The number of anilines is 2. The standard InChI is InChI=1S/C27H20Cl3N5O3/c1-4-17(36)10-14-9-16(28)5-6-19(14)33-27-32-13-15-11-18(26-31-7-8-35(26)25(15)34-27)22-23(29)20(37-2)12-21(38-3)24(22)30/h4-9,11-13H,1,10H2,2-3H3,(H,32,33,34). The molecule has 0 aliphatic heterocycles. The summed E-state index contributed by atoms with van der Waals surface area (Å²) in [6.07, 6.45) is 6.54. The Balaban J connectivity index is 1.64. The second-order valence-electron chi connectivity index (χ2n) is 8.21. The maximum atomic E-state index is 12.0. The molecule has 3 aromatic heterocycles. The number of benzene rings is 2. The number of halogens is 3. The maximum Gasteiger partial charge on any atom is 0.229 e. The highest BCUT2D eigenvalue weighted by atomic mass is 35.5. The number of ether oxygens (including phenoxy) is 2. The Labute approximate surface area is 232 Å². The number of rotatable bonds is 8. The van der Waals surface area contributed by atoms with Crippen molar-refractivity contribution >= 4 is 68.9 Å². The number of allylic oxidation sites excluding steroid dienone is 1. The number of nitrogens with one attached hydrogen (secondary N) is 1. The second-order valence-corrected chi connectivity index (χ2v) is 9.40. The number of carbonyl (C=O) groups is 1. The Morgan fingerprint density at radius 3 is 2.47 bits per heavy atom. The normalized spacial score (nSPS) is 11.1. The van der Waals surface area contributed by atoms with E-state index < -0.39 is 0 Å². The highest BCUT2D eigenvalue weighted by Crippen LogP contribution is 2.47. The third kappa shape index (κ3) is 4.62. The summed E-state index contributed by atoms with van der Waals surface area (Å²) in [5, 5.41) is 5.07. The van der Waals surface area contributed by atoms with Crippen LogP contribution in [-0.2, 0) is 11.2 Å². The molecule has 0 atom stereocenters. The zero-order chi connectivity index (χ0) is 27.0. The van der Waals surface area contributed by atoms with E-state index in [2.05, 4.69) is 21.9 Å². The summed E-state index contributed by atoms with van der Waals surface area (Å²) in [6, 6.07) is 8.72. The van der Waals surface area contributed by atoms with Crippen molar-refractivity contribution in [2.75, 3.05) is 19.5 Å². The lowest BCUT2D eigenvalue weighted by atomic mass is 10.0. The fourth-order valence-corrected chi connectivity index (χ4v) is 5.05. The van der Waals surface area contributed by atoms with Crippen LogP contribution >= 0.6 is 34.8 Å². The van der Waals surface area contributed by atoms with Crippen molar-refractivity contribution in [1.82, 2.24) is 19.4 Å². The van der Waals surface area contributed by atoms with Crippen LogP contribution < -0.4 is 14.8 Å². The van der Waals surface area contributed by atoms with Crippen molar-refractivity contribution in [3.05, 3.63) is 82.2 Å². The van der Waals surface area contributed by atoms with Crippen LogP contribution in [0.1, 0.15) is 5.56 Å². The van der Waals surface area contributed by atoms with E-state index in [4.69, 9.17) is 49.3 Å². The van der Waals surface area contributed by atoms with E-state index in [1.54, 1.807) is 42.9 Å². The number of carbonyl (C=O) groups excluding carboxylic acids is 1. The van der Waals surface area contributed by atoms with Gasteiger partial charge in [-0.15, -0.1) is 0 Å². The summed E-state index contributed by atoms with van der Waals surface area (Å²) < 4.78 is 12.7. The molecular formula is C27H20Cl3N5O3. The minimum atomic E-state index is -0.131. The average molecular weight is 569 g/mol. The van der Waals surface area contributed by atoms with Gasteiger partial charge in [-0.2, -0.15) is 4.98 Å². The average Bonchev–Trinajstić information content (AvgIpc) is 3.41. The Hall–Kier alpha value is -3.85. The fraction of sp³-hybridized carbons (Fsp3) is 0.111. The Kier molecular flexibility index (Phi) is 7.12. The third-order valence-electron chi connectivity index (χ3n) is 5.95. The molecule has 1 N–H and O–H groups in total. The summed E-state index contributed by atoms with van der Waals surface area (Å²) >= 11 is 19.6. The third-order valence-corrected chi connectivity index (χ3v) is 6.94. The molecule has 192 valence electrons. The molecule has 11 heteroatoms. The molecule has 3 heterocycles. The van der Waals surface area contributed by atoms with E-state index in [0.717, 1.165) is 0 Å². The van der Waals surface area contributed by atoms with Gasteiger partial charge in [-0.05, 0) is 35.9 Å². The molecule has 0 fully saturated rings. The summed E-state index contributed by atoms with van der Waals surface area (Å²) in [5.41, 5.74) is 3.70. The topological polar surface area (TPSA) is 90.6 Å². The van der Waals surface area contributed by atoms with Crippen LogP contribution in [0, 0.1) is 0 Å². The zero-order valence-corrected chi connectivity index (χ0v) is 22.5. The molecule has 0 amide bonds. The first-order valence-corrected chi connectivity index (χ1v) is 12.4. The van der Waals surface area contributed by atoms with Crippen LogP contribution in [-0.4, -0.2) is 39.4 Å². The molecule has 5 aromatic rings. The van der Waals surface area contributed by atoms with Gasteiger partial charge in [0, 0.05) is 58.3 Å². The van der Waals surface area contributed by atoms with Crippen molar-refractivity contribution in [1.29, 1.82) is 0 Å². The first-order valence-electron chi connectivity index (χ1n) is 11.3. The van der Waals surface area contributed by atoms with Crippen LogP contribution in [0.2, 0.25) is 15.1 Å². The van der Waals surface area contributed by atoms with Crippen LogP contribution in [0.3, 0.4) is 0 Å². The van der Waals surface area contributed by atoms with Crippen molar-refractivity contribution in [2.24, 2.45) is 0 Å². The van der Waals surface area contributed by atoms with Gasteiger partial charge in [-0.25, -0.2) is 9.97 Å². The summed E-state index contributed by atoms with van der Waals surface area (Å²) in [4.78, 5) is 25.8. The summed E-state index contributed by atoms with van der Waals surface area (Å²) in [6.45, 7) is 3.54. The SMILES string of the molecule is C=CC(=O)Cc1cc(Cl)ccc1Nc1ncc2cc(-c3c(Cl)c(OC)cc(OC)c3Cl)c3nccn3c2n1. The van der Waals surface area contributed by atoms with E-state index >= 15 is 0 Å². The molecule has 0 aliphatic carbocycles. The Morgan fingerprint density at radius 1 is 1.05 bits per heavy atom. The van der Waals surface area contributed by atoms with Gasteiger partial charge in [0.2, 0.25) is 5.95 Å². The summed E-state index contributed by atoms with van der Waals surface area (Å²) in [7, 11) is 3.04. The zero-order valence-electron chi connectivity index (χ0n) is 20.3. The molecule has 38 heavy (non-hydrogen) atoms. The first kappa shape index (κ1) is 25.8. The van der Waals surface area contributed by atoms with Gasteiger partial charge in [0.25, 0.3) is 0 Å². The molecule has 0 bridgehead atoms. The predicted molar refractivity (Wildman–Crippen MR) is 150 cm³/mol. The molecule has 0 unspecified atom stereocenters. The molecule has 0 spiro atoms.